The van der Waals surface area contributed by atoms with E-state index in [1.165, 1.54) is 18.5 Å². The maximum atomic E-state index is 5.32. The Morgan fingerprint density at radius 1 is 1.38 bits per heavy atom. The van der Waals surface area contributed by atoms with Crippen LogP contribution in [-0.2, 0) is 19.5 Å². The third-order valence-corrected chi connectivity index (χ3v) is 4.15. The Morgan fingerprint density at radius 2 is 2.24 bits per heavy atom. The van der Waals surface area contributed by atoms with Crippen molar-refractivity contribution in [3.05, 3.63) is 29.2 Å². The van der Waals surface area contributed by atoms with Crippen LogP contribution in [0.25, 0.3) is 0 Å². The molecule has 0 saturated carbocycles. The summed E-state index contributed by atoms with van der Waals surface area (Å²) in [6.07, 6.45) is 3.24. The highest BCUT2D eigenvalue weighted by Gasteiger charge is 2.27. The van der Waals surface area contributed by atoms with Gasteiger partial charge in [-0.3, -0.25) is 9.58 Å². The molecule has 3 heterocycles. The number of rotatable bonds is 5. The highest BCUT2D eigenvalue weighted by molar-refractivity contribution is 5.07. The van der Waals surface area contributed by atoms with Crippen molar-refractivity contribution in [2.45, 2.75) is 59.2 Å². The van der Waals surface area contributed by atoms with Crippen LogP contribution in [0.15, 0.2) is 10.6 Å². The number of aryl methyl sites for hydroxylation is 3. The topological polar surface area (TPSA) is 60.0 Å². The van der Waals surface area contributed by atoms with E-state index in [1.54, 1.807) is 0 Å². The minimum Gasteiger partial charge on any atom is -0.338 e. The van der Waals surface area contributed by atoms with Crippen molar-refractivity contribution in [3.63, 3.8) is 0 Å². The highest BCUT2D eigenvalue weighted by atomic mass is 16.5. The van der Waals surface area contributed by atoms with Crippen molar-refractivity contribution in [2.24, 2.45) is 0 Å². The van der Waals surface area contributed by atoms with Crippen molar-refractivity contribution in [1.29, 1.82) is 0 Å². The molecule has 1 unspecified atom stereocenters. The summed E-state index contributed by atoms with van der Waals surface area (Å²) in [5.74, 6) is 1.52. The van der Waals surface area contributed by atoms with Crippen molar-refractivity contribution in [1.82, 2.24) is 24.8 Å². The Hall–Kier alpha value is -1.69. The minimum absolute atomic E-state index is 0.500. The molecule has 1 saturated heterocycles. The third kappa shape index (κ3) is 3.15. The van der Waals surface area contributed by atoms with E-state index in [9.17, 15) is 0 Å². The lowest BCUT2D eigenvalue weighted by atomic mass is 10.2. The second-order valence-electron chi connectivity index (χ2n) is 5.83. The molecular weight excluding hydrogens is 266 g/mol. The molecule has 0 aromatic carbocycles. The van der Waals surface area contributed by atoms with E-state index in [4.69, 9.17) is 4.52 Å². The Labute approximate surface area is 125 Å². The molecule has 6 nitrogen and oxygen atoms in total. The Kier molecular flexibility index (Phi) is 4.05. The van der Waals surface area contributed by atoms with E-state index in [1.807, 2.05) is 13.8 Å². The summed E-state index contributed by atoms with van der Waals surface area (Å²) in [5, 5.41) is 8.54. The normalized spacial score (nSPS) is 19.5. The van der Waals surface area contributed by atoms with Crippen LogP contribution in [0.2, 0.25) is 0 Å². The number of aromatic nitrogens is 4. The molecule has 21 heavy (non-hydrogen) atoms. The molecule has 6 heteroatoms. The van der Waals surface area contributed by atoms with Crippen LogP contribution < -0.4 is 0 Å². The van der Waals surface area contributed by atoms with Crippen molar-refractivity contribution in [2.75, 3.05) is 6.54 Å². The van der Waals surface area contributed by atoms with Gasteiger partial charge in [0, 0.05) is 18.2 Å². The molecule has 0 aliphatic carbocycles. The van der Waals surface area contributed by atoms with Crippen LogP contribution in [0.1, 0.15) is 42.9 Å². The first kappa shape index (κ1) is 14.3. The van der Waals surface area contributed by atoms with Gasteiger partial charge >= 0.3 is 0 Å². The molecule has 0 bridgehead atoms. The molecule has 1 aliphatic rings. The lowest BCUT2D eigenvalue weighted by Crippen LogP contribution is -2.33. The lowest BCUT2D eigenvalue weighted by molar-refractivity contribution is 0.191. The molecular formula is C15H23N5O. The Morgan fingerprint density at radius 3 is 2.90 bits per heavy atom. The maximum Gasteiger partial charge on any atom is 0.240 e. The van der Waals surface area contributed by atoms with Gasteiger partial charge in [-0.25, -0.2) is 0 Å². The van der Waals surface area contributed by atoms with Crippen LogP contribution in [0, 0.1) is 13.8 Å². The second-order valence-corrected chi connectivity index (χ2v) is 5.83. The fourth-order valence-electron chi connectivity index (χ4n) is 3.04. The Bertz CT molecular complexity index is 603. The highest BCUT2D eigenvalue weighted by Crippen LogP contribution is 2.21. The summed E-state index contributed by atoms with van der Waals surface area (Å²) >= 11 is 0. The summed E-state index contributed by atoms with van der Waals surface area (Å²) in [6.45, 7) is 8.97. The zero-order valence-electron chi connectivity index (χ0n) is 13.0. The van der Waals surface area contributed by atoms with Crippen molar-refractivity contribution >= 4 is 0 Å². The molecule has 3 rings (SSSR count). The van der Waals surface area contributed by atoms with Crippen molar-refractivity contribution in [3.8, 4) is 0 Å². The number of likely N-dealkylation sites (tertiary alicyclic amines) is 1. The first-order valence-electron chi connectivity index (χ1n) is 7.72. The second kappa shape index (κ2) is 5.97. The number of nitrogens with zero attached hydrogens (tertiary/aromatic N) is 5. The minimum atomic E-state index is 0.500. The zero-order chi connectivity index (χ0) is 14.8. The summed E-state index contributed by atoms with van der Waals surface area (Å²) in [7, 11) is 0. The summed E-state index contributed by atoms with van der Waals surface area (Å²) in [5.41, 5.74) is 2.31. The molecule has 114 valence electrons. The zero-order valence-corrected chi connectivity index (χ0v) is 13.0. The SMILES string of the molecule is CCc1noc(CN2CCCC2Cn2nc(C)cc2C)n1. The molecule has 1 aliphatic heterocycles. The van der Waals surface area contributed by atoms with Gasteiger partial charge in [-0.1, -0.05) is 12.1 Å². The summed E-state index contributed by atoms with van der Waals surface area (Å²) < 4.78 is 7.43. The maximum absolute atomic E-state index is 5.32. The Balaban J connectivity index is 1.66. The quantitative estimate of drug-likeness (QED) is 0.843. The monoisotopic (exact) mass is 289 g/mol. The van der Waals surface area contributed by atoms with E-state index in [0.717, 1.165) is 43.5 Å². The first-order chi connectivity index (χ1) is 10.2. The van der Waals surface area contributed by atoms with Gasteiger partial charge in [0.1, 0.15) is 0 Å². The standard InChI is InChI=1S/C15H23N5O/c1-4-14-16-15(21-18-14)10-19-7-5-6-13(19)9-20-12(3)8-11(2)17-20/h8,13H,4-7,9-10H2,1-3H3. The molecule has 1 fully saturated rings. The van der Waals surface area contributed by atoms with Crippen LogP contribution in [0.3, 0.4) is 0 Å². The summed E-state index contributed by atoms with van der Waals surface area (Å²) in [6, 6.07) is 2.63. The van der Waals surface area contributed by atoms with Crippen LogP contribution in [-0.4, -0.2) is 37.4 Å². The van der Waals surface area contributed by atoms with E-state index < -0.39 is 0 Å². The van der Waals surface area contributed by atoms with Gasteiger partial charge in [0.15, 0.2) is 5.82 Å². The predicted molar refractivity (Wildman–Crippen MR) is 78.8 cm³/mol. The van der Waals surface area contributed by atoms with Crippen LogP contribution in [0.4, 0.5) is 0 Å². The average Bonchev–Trinajstić information content (AvgIpc) is 3.14. The van der Waals surface area contributed by atoms with Crippen LogP contribution in [0.5, 0.6) is 0 Å². The molecule has 1 atom stereocenters. The predicted octanol–water partition coefficient (Wildman–Crippen LogP) is 2.11. The van der Waals surface area contributed by atoms with Gasteiger partial charge in [0.25, 0.3) is 0 Å². The third-order valence-electron chi connectivity index (χ3n) is 4.15. The number of hydrogen-bond donors (Lipinski definition) is 0. The van der Waals surface area contributed by atoms with Crippen molar-refractivity contribution < 1.29 is 4.52 Å². The van der Waals surface area contributed by atoms with Gasteiger partial charge in [-0.2, -0.15) is 10.1 Å². The first-order valence-corrected chi connectivity index (χ1v) is 7.72. The van der Waals surface area contributed by atoms with Gasteiger partial charge in [-0.15, -0.1) is 0 Å². The van der Waals surface area contributed by atoms with Gasteiger partial charge in [0.05, 0.1) is 18.8 Å². The van der Waals surface area contributed by atoms with E-state index in [-0.39, 0.29) is 0 Å². The molecule has 0 amide bonds. The van der Waals surface area contributed by atoms with Gasteiger partial charge in [-0.05, 0) is 39.3 Å². The summed E-state index contributed by atoms with van der Waals surface area (Å²) in [4.78, 5) is 6.85. The lowest BCUT2D eigenvalue weighted by Gasteiger charge is -2.23. The molecule has 2 aromatic rings. The molecule has 0 spiro atoms. The number of hydrogen-bond acceptors (Lipinski definition) is 5. The fourth-order valence-corrected chi connectivity index (χ4v) is 3.04. The van der Waals surface area contributed by atoms with E-state index >= 15 is 0 Å². The molecule has 0 N–H and O–H groups in total. The van der Waals surface area contributed by atoms with E-state index in [0.29, 0.717) is 6.04 Å². The molecule has 0 radical (unpaired) electrons. The van der Waals surface area contributed by atoms with Crippen LogP contribution >= 0.6 is 0 Å². The average molecular weight is 289 g/mol. The van der Waals surface area contributed by atoms with Gasteiger partial charge in [0.2, 0.25) is 5.89 Å². The van der Waals surface area contributed by atoms with E-state index in [2.05, 4.69) is 37.8 Å². The largest absolute Gasteiger partial charge is 0.338 e. The van der Waals surface area contributed by atoms with Gasteiger partial charge < -0.3 is 4.52 Å². The fraction of sp³-hybridized carbons (Fsp3) is 0.667. The smallest absolute Gasteiger partial charge is 0.240 e. The molecule has 2 aromatic heterocycles.